The molecule has 1 fully saturated rings. The highest BCUT2D eigenvalue weighted by Gasteiger charge is 2.27. The van der Waals surface area contributed by atoms with Crippen LogP contribution in [0.25, 0.3) is 0 Å². The number of benzene rings is 3. The fraction of sp³-hybridized carbons (Fsp3) is 0.296. The van der Waals surface area contributed by atoms with Crippen LogP contribution in [0.15, 0.2) is 77.7 Å². The van der Waals surface area contributed by atoms with E-state index in [1.165, 1.54) is 49.6 Å². The van der Waals surface area contributed by atoms with Gasteiger partial charge in [0.2, 0.25) is 5.91 Å². The van der Waals surface area contributed by atoms with Gasteiger partial charge in [0.05, 0.1) is 20.6 Å². The third-order valence-corrected chi connectivity index (χ3v) is 8.77. The second-order valence-corrected chi connectivity index (χ2v) is 11.5. The normalized spacial score (nSPS) is 14.4. The fourth-order valence-corrected chi connectivity index (χ4v) is 6.02. The number of nitrogens with one attached hydrogen (secondary N) is 1. The molecule has 0 aromatic heterocycles. The standard InChI is InChI=1S/C27H29Cl2N3O3S/c28-25-14-13-23(17-26(25)29)32(36(34,35)24-11-3-1-4-12-24)20-27(33)30-18-21-9-5-6-10-22(21)19-31-15-7-2-8-16-31/h1,3-6,9-14,17H,2,7-8,15-16,18-20H2,(H,30,33). The minimum Gasteiger partial charge on any atom is -0.350 e. The molecule has 1 saturated heterocycles. The van der Waals surface area contributed by atoms with Crippen molar-refractivity contribution in [3.63, 3.8) is 0 Å². The first-order chi connectivity index (χ1) is 17.3. The predicted octanol–water partition coefficient (Wildman–Crippen LogP) is 5.49. The highest BCUT2D eigenvalue weighted by Crippen LogP contribution is 2.30. The van der Waals surface area contributed by atoms with Crippen molar-refractivity contribution in [1.82, 2.24) is 10.2 Å². The summed E-state index contributed by atoms with van der Waals surface area (Å²) < 4.78 is 28.0. The van der Waals surface area contributed by atoms with Gasteiger partial charge in [0.1, 0.15) is 6.54 Å². The van der Waals surface area contributed by atoms with Crippen LogP contribution in [-0.2, 0) is 27.9 Å². The average Bonchev–Trinajstić information content (AvgIpc) is 2.89. The zero-order chi connectivity index (χ0) is 25.5. The first kappa shape index (κ1) is 26.5. The molecule has 9 heteroatoms. The summed E-state index contributed by atoms with van der Waals surface area (Å²) in [6.45, 7) is 2.91. The molecule has 6 nitrogen and oxygen atoms in total. The number of sulfonamides is 1. The number of hydrogen-bond acceptors (Lipinski definition) is 4. The zero-order valence-electron chi connectivity index (χ0n) is 19.9. The molecule has 1 N–H and O–H groups in total. The lowest BCUT2D eigenvalue weighted by Crippen LogP contribution is -2.40. The zero-order valence-corrected chi connectivity index (χ0v) is 22.2. The first-order valence-corrected chi connectivity index (χ1v) is 14.1. The van der Waals surface area contributed by atoms with E-state index in [2.05, 4.69) is 16.3 Å². The van der Waals surface area contributed by atoms with Crippen LogP contribution in [0.5, 0.6) is 0 Å². The number of carbonyl (C=O) groups is 1. The largest absolute Gasteiger partial charge is 0.350 e. The highest BCUT2D eigenvalue weighted by atomic mass is 35.5. The van der Waals surface area contributed by atoms with Crippen molar-refractivity contribution in [2.24, 2.45) is 0 Å². The maximum absolute atomic E-state index is 13.5. The van der Waals surface area contributed by atoms with Crippen LogP contribution in [0.2, 0.25) is 10.0 Å². The van der Waals surface area contributed by atoms with Gasteiger partial charge in [-0.25, -0.2) is 8.42 Å². The summed E-state index contributed by atoms with van der Waals surface area (Å²) in [5.74, 6) is -0.423. The van der Waals surface area contributed by atoms with Crippen LogP contribution in [0, 0.1) is 0 Å². The maximum atomic E-state index is 13.5. The van der Waals surface area contributed by atoms with Crippen molar-refractivity contribution in [2.45, 2.75) is 37.2 Å². The van der Waals surface area contributed by atoms with E-state index in [1.807, 2.05) is 18.2 Å². The van der Waals surface area contributed by atoms with Gasteiger partial charge in [0, 0.05) is 13.1 Å². The smallest absolute Gasteiger partial charge is 0.264 e. The summed E-state index contributed by atoms with van der Waals surface area (Å²) in [6, 6.07) is 20.5. The lowest BCUT2D eigenvalue weighted by molar-refractivity contribution is -0.119. The van der Waals surface area contributed by atoms with E-state index in [1.54, 1.807) is 18.2 Å². The molecule has 0 bridgehead atoms. The number of nitrogens with zero attached hydrogens (tertiary/aromatic N) is 2. The second-order valence-electron chi connectivity index (χ2n) is 8.81. The van der Waals surface area contributed by atoms with Gasteiger partial charge >= 0.3 is 0 Å². The van der Waals surface area contributed by atoms with Gasteiger partial charge in [-0.1, -0.05) is 72.1 Å². The minimum atomic E-state index is -4.02. The number of likely N-dealkylation sites (tertiary alicyclic amines) is 1. The Kier molecular flexibility index (Phi) is 8.90. The summed E-state index contributed by atoms with van der Waals surface area (Å²) in [5, 5.41) is 3.41. The molecule has 0 radical (unpaired) electrons. The van der Waals surface area contributed by atoms with E-state index in [-0.39, 0.29) is 15.6 Å². The molecule has 3 aromatic rings. The minimum absolute atomic E-state index is 0.0794. The van der Waals surface area contributed by atoms with Gasteiger partial charge in [-0.2, -0.15) is 0 Å². The molecule has 1 heterocycles. The van der Waals surface area contributed by atoms with Crippen LogP contribution < -0.4 is 9.62 Å². The van der Waals surface area contributed by atoms with Crippen molar-refractivity contribution in [3.8, 4) is 0 Å². The third kappa shape index (κ3) is 6.59. The summed E-state index contributed by atoms with van der Waals surface area (Å²) in [5.41, 5.74) is 2.44. The van der Waals surface area contributed by atoms with Gasteiger partial charge in [-0.05, 0) is 67.4 Å². The molecular weight excluding hydrogens is 517 g/mol. The summed E-state index contributed by atoms with van der Waals surface area (Å²) in [7, 11) is -4.02. The Labute approximate surface area is 222 Å². The van der Waals surface area contributed by atoms with Crippen molar-refractivity contribution in [1.29, 1.82) is 0 Å². The van der Waals surface area contributed by atoms with Crippen LogP contribution in [0.1, 0.15) is 30.4 Å². The number of amides is 1. The fourth-order valence-electron chi connectivity index (χ4n) is 4.30. The number of anilines is 1. The quantitative estimate of drug-likeness (QED) is 0.386. The van der Waals surface area contributed by atoms with Crippen LogP contribution in [0.3, 0.4) is 0 Å². The van der Waals surface area contributed by atoms with Gasteiger partial charge in [0.15, 0.2) is 0 Å². The number of carbonyl (C=O) groups excluding carboxylic acids is 1. The summed E-state index contributed by atoms with van der Waals surface area (Å²) in [6.07, 6.45) is 3.69. The molecule has 3 aromatic carbocycles. The molecule has 0 spiro atoms. The number of piperidine rings is 1. The Morgan fingerprint density at radius 1 is 0.861 bits per heavy atom. The lowest BCUT2D eigenvalue weighted by atomic mass is 10.0. The molecule has 190 valence electrons. The monoisotopic (exact) mass is 545 g/mol. The number of rotatable bonds is 9. The van der Waals surface area contributed by atoms with Crippen molar-refractivity contribution >= 4 is 44.8 Å². The van der Waals surface area contributed by atoms with Gasteiger partial charge in [-0.15, -0.1) is 0 Å². The van der Waals surface area contributed by atoms with Gasteiger partial charge in [0.25, 0.3) is 10.0 Å². The Morgan fingerprint density at radius 3 is 2.22 bits per heavy atom. The Morgan fingerprint density at radius 2 is 1.53 bits per heavy atom. The van der Waals surface area contributed by atoms with E-state index >= 15 is 0 Å². The van der Waals surface area contributed by atoms with E-state index in [4.69, 9.17) is 23.2 Å². The maximum Gasteiger partial charge on any atom is 0.264 e. The van der Waals surface area contributed by atoms with Crippen LogP contribution in [0.4, 0.5) is 5.69 Å². The topological polar surface area (TPSA) is 69.7 Å². The van der Waals surface area contributed by atoms with Gasteiger partial charge < -0.3 is 5.32 Å². The Balaban J connectivity index is 1.51. The number of hydrogen-bond donors (Lipinski definition) is 1. The molecule has 4 rings (SSSR count). The Bertz CT molecular complexity index is 1300. The predicted molar refractivity (Wildman–Crippen MR) is 145 cm³/mol. The van der Waals surface area contributed by atoms with Crippen molar-refractivity contribution in [3.05, 3.63) is 94.0 Å². The number of halogens is 2. The third-order valence-electron chi connectivity index (χ3n) is 6.25. The van der Waals surface area contributed by atoms with E-state index in [9.17, 15) is 13.2 Å². The summed E-state index contributed by atoms with van der Waals surface area (Å²) >= 11 is 12.2. The SMILES string of the molecule is O=C(CN(c1ccc(Cl)c(Cl)c1)S(=O)(=O)c1ccccc1)NCc1ccccc1CN1CCCCC1. The molecule has 0 saturated carbocycles. The summed E-state index contributed by atoms with van der Waals surface area (Å²) in [4.78, 5) is 15.6. The van der Waals surface area contributed by atoms with Crippen LogP contribution in [-0.4, -0.2) is 38.9 Å². The average molecular weight is 547 g/mol. The molecular formula is C27H29Cl2N3O3S. The van der Waals surface area contributed by atoms with E-state index in [0.29, 0.717) is 11.6 Å². The van der Waals surface area contributed by atoms with E-state index < -0.39 is 22.5 Å². The molecule has 36 heavy (non-hydrogen) atoms. The molecule has 1 aliphatic heterocycles. The van der Waals surface area contributed by atoms with Crippen LogP contribution >= 0.6 is 23.2 Å². The lowest BCUT2D eigenvalue weighted by Gasteiger charge is -2.27. The highest BCUT2D eigenvalue weighted by molar-refractivity contribution is 7.92. The first-order valence-electron chi connectivity index (χ1n) is 11.9. The van der Waals surface area contributed by atoms with Gasteiger partial charge in [-0.3, -0.25) is 14.0 Å². The molecule has 0 aliphatic carbocycles. The molecule has 0 unspecified atom stereocenters. The molecule has 1 aliphatic rings. The molecule has 1 amide bonds. The Hall–Kier alpha value is -2.58. The van der Waals surface area contributed by atoms with Crippen molar-refractivity contribution in [2.75, 3.05) is 23.9 Å². The van der Waals surface area contributed by atoms with Crippen molar-refractivity contribution < 1.29 is 13.2 Å². The molecule has 0 atom stereocenters. The second kappa shape index (κ2) is 12.1. The van der Waals surface area contributed by atoms with E-state index in [0.717, 1.165) is 35.1 Å².